The minimum Gasteiger partial charge on any atom is -0.467 e. The second kappa shape index (κ2) is 7.87. The van der Waals surface area contributed by atoms with E-state index in [1.54, 1.807) is 23.3 Å². The average molecular weight is 413 g/mol. The summed E-state index contributed by atoms with van der Waals surface area (Å²) < 4.78 is 10.7. The number of carbonyl (C=O) groups is 2. The predicted molar refractivity (Wildman–Crippen MR) is 108 cm³/mol. The lowest BCUT2D eigenvalue weighted by atomic mass is 10.0. The summed E-state index contributed by atoms with van der Waals surface area (Å²) in [5.74, 6) is -0.294. The number of nitrogens with zero attached hydrogens (tertiary/aromatic N) is 2. The average Bonchev–Trinajstić information content (AvgIpc) is 3.34. The molecule has 0 bridgehead atoms. The number of carbonyl (C=O) groups excluding carboxylic acids is 2. The highest BCUT2D eigenvalue weighted by molar-refractivity contribution is 6.30. The summed E-state index contributed by atoms with van der Waals surface area (Å²) in [4.78, 5) is 30.8. The number of pyridine rings is 1. The highest BCUT2D eigenvalue weighted by Gasteiger charge is 2.35. The van der Waals surface area contributed by atoms with Gasteiger partial charge in [0.15, 0.2) is 0 Å². The van der Waals surface area contributed by atoms with Crippen LogP contribution in [0.25, 0.3) is 10.9 Å². The minimum atomic E-state index is -0.491. The van der Waals surface area contributed by atoms with Crippen LogP contribution < -0.4 is 0 Å². The van der Waals surface area contributed by atoms with E-state index in [0.717, 1.165) is 22.0 Å². The third-order valence-electron chi connectivity index (χ3n) is 5.38. The number of amides is 1. The number of esters is 1. The van der Waals surface area contributed by atoms with Crippen molar-refractivity contribution < 1.29 is 18.7 Å². The van der Waals surface area contributed by atoms with Gasteiger partial charge in [0.1, 0.15) is 17.5 Å². The number of halogens is 1. The Labute approximate surface area is 173 Å². The van der Waals surface area contributed by atoms with Crippen molar-refractivity contribution in [1.29, 1.82) is 0 Å². The quantitative estimate of drug-likeness (QED) is 0.464. The second-order valence-electron chi connectivity index (χ2n) is 7.38. The Morgan fingerprint density at radius 1 is 1.34 bits per heavy atom. The van der Waals surface area contributed by atoms with Crippen LogP contribution in [0.1, 0.15) is 28.9 Å². The lowest BCUT2D eigenvalue weighted by Crippen LogP contribution is -2.26. The second-order valence-corrected chi connectivity index (χ2v) is 7.74. The number of hydrogen-bond donors (Lipinski definition) is 0. The molecule has 29 heavy (non-hydrogen) atoms. The molecule has 0 aliphatic carbocycles. The van der Waals surface area contributed by atoms with Crippen molar-refractivity contribution in [3.63, 3.8) is 0 Å². The molecule has 0 spiro atoms. The van der Waals surface area contributed by atoms with Gasteiger partial charge in [-0.25, -0.2) is 4.98 Å². The summed E-state index contributed by atoms with van der Waals surface area (Å²) in [6.07, 6.45) is 1.70. The van der Waals surface area contributed by atoms with Crippen LogP contribution in [0.5, 0.6) is 0 Å². The molecule has 3 heterocycles. The summed E-state index contributed by atoms with van der Waals surface area (Å²) in [6, 6.07) is 9.48. The van der Waals surface area contributed by atoms with Gasteiger partial charge in [-0.15, -0.1) is 0 Å². The molecule has 0 unspecified atom stereocenters. The number of aromatic nitrogens is 1. The van der Waals surface area contributed by atoms with Crippen LogP contribution in [0.15, 0.2) is 41.0 Å². The first-order valence-corrected chi connectivity index (χ1v) is 9.82. The molecule has 1 aliphatic heterocycles. The van der Waals surface area contributed by atoms with Crippen molar-refractivity contribution in [1.82, 2.24) is 9.88 Å². The van der Waals surface area contributed by atoms with Gasteiger partial charge in [-0.05, 0) is 43.2 Å². The highest BCUT2D eigenvalue weighted by Crippen LogP contribution is 2.26. The first kappa shape index (κ1) is 19.5. The Bertz CT molecular complexity index is 1080. The third-order valence-corrected chi connectivity index (χ3v) is 5.71. The molecule has 0 saturated carbocycles. The van der Waals surface area contributed by atoms with Gasteiger partial charge >= 0.3 is 5.97 Å². The molecule has 0 radical (unpaired) electrons. The Morgan fingerprint density at radius 3 is 2.93 bits per heavy atom. The lowest BCUT2D eigenvalue weighted by molar-refractivity contribution is -0.149. The molecule has 7 heteroatoms. The molecule has 1 aromatic carbocycles. The van der Waals surface area contributed by atoms with Crippen molar-refractivity contribution in [2.24, 2.45) is 5.92 Å². The standard InChI is InChI=1S/C22H21ClN2O4/c1-13-5-6-15-8-17(21(23)24-20(15)14(13)2)12-29-22(27)16-9-19(26)25(10-16)11-18-4-3-7-28-18/h3-8,16H,9-12H2,1-2H3/t16-/m0/s1. The third kappa shape index (κ3) is 3.98. The summed E-state index contributed by atoms with van der Waals surface area (Å²) in [5, 5.41) is 1.27. The fourth-order valence-electron chi connectivity index (χ4n) is 3.55. The molecule has 1 aliphatic rings. The normalized spacial score (nSPS) is 16.6. The van der Waals surface area contributed by atoms with E-state index in [0.29, 0.717) is 29.6 Å². The largest absolute Gasteiger partial charge is 0.467 e. The topological polar surface area (TPSA) is 72.6 Å². The first-order valence-electron chi connectivity index (χ1n) is 9.44. The first-order chi connectivity index (χ1) is 13.9. The van der Waals surface area contributed by atoms with Crippen LogP contribution in [-0.4, -0.2) is 28.3 Å². The van der Waals surface area contributed by atoms with E-state index in [1.165, 1.54) is 0 Å². The molecule has 1 saturated heterocycles. The van der Waals surface area contributed by atoms with Crippen LogP contribution in [-0.2, 0) is 27.5 Å². The van der Waals surface area contributed by atoms with E-state index < -0.39 is 11.9 Å². The van der Waals surface area contributed by atoms with E-state index in [9.17, 15) is 9.59 Å². The number of benzene rings is 1. The van der Waals surface area contributed by atoms with Gasteiger partial charge in [0.05, 0.1) is 24.2 Å². The molecule has 1 amide bonds. The van der Waals surface area contributed by atoms with Crippen molar-refractivity contribution >= 4 is 34.4 Å². The predicted octanol–water partition coefficient (Wildman–Crippen LogP) is 4.19. The zero-order valence-corrected chi connectivity index (χ0v) is 17.0. The lowest BCUT2D eigenvalue weighted by Gasteiger charge is -2.15. The van der Waals surface area contributed by atoms with Crippen LogP contribution in [0.4, 0.5) is 0 Å². The molecule has 6 nitrogen and oxygen atoms in total. The summed E-state index contributed by atoms with van der Waals surface area (Å²) >= 11 is 6.32. The molecule has 4 rings (SSSR count). The Hall–Kier alpha value is -2.86. The van der Waals surface area contributed by atoms with Crippen molar-refractivity contribution in [2.75, 3.05) is 6.54 Å². The van der Waals surface area contributed by atoms with Crippen LogP contribution >= 0.6 is 11.6 Å². The van der Waals surface area contributed by atoms with Gasteiger partial charge in [-0.1, -0.05) is 23.7 Å². The van der Waals surface area contributed by atoms with Gasteiger partial charge in [-0.3, -0.25) is 9.59 Å². The van der Waals surface area contributed by atoms with Gasteiger partial charge < -0.3 is 14.1 Å². The fourth-order valence-corrected chi connectivity index (χ4v) is 3.74. The van der Waals surface area contributed by atoms with Gasteiger partial charge in [0.25, 0.3) is 0 Å². The van der Waals surface area contributed by atoms with E-state index >= 15 is 0 Å². The Balaban J connectivity index is 1.41. The smallest absolute Gasteiger partial charge is 0.311 e. The monoisotopic (exact) mass is 412 g/mol. The number of rotatable bonds is 5. The molecule has 2 aromatic heterocycles. The zero-order chi connectivity index (χ0) is 20.5. The zero-order valence-electron chi connectivity index (χ0n) is 16.3. The van der Waals surface area contributed by atoms with Crippen molar-refractivity contribution in [2.45, 2.75) is 33.4 Å². The molecule has 1 atom stereocenters. The number of fused-ring (bicyclic) bond motifs is 1. The number of hydrogen-bond acceptors (Lipinski definition) is 5. The molecule has 3 aromatic rings. The molecular weight excluding hydrogens is 392 g/mol. The molecule has 1 fully saturated rings. The molecule has 0 N–H and O–H groups in total. The van der Waals surface area contributed by atoms with Gasteiger partial charge in [-0.2, -0.15) is 0 Å². The van der Waals surface area contributed by atoms with E-state index in [1.807, 2.05) is 32.0 Å². The summed E-state index contributed by atoms with van der Waals surface area (Å²) in [6.45, 7) is 4.73. The number of ether oxygens (including phenoxy) is 1. The van der Waals surface area contributed by atoms with E-state index in [4.69, 9.17) is 20.8 Å². The SMILES string of the molecule is Cc1ccc2cc(COC(=O)[C@H]3CC(=O)N(Cc4ccco4)C3)c(Cl)nc2c1C. The van der Waals surface area contributed by atoms with Crippen LogP contribution in [0.2, 0.25) is 5.15 Å². The molecule has 150 valence electrons. The molecular formula is C22H21ClN2O4. The van der Waals surface area contributed by atoms with Crippen LogP contribution in [0.3, 0.4) is 0 Å². The van der Waals surface area contributed by atoms with Crippen molar-refractivity contribution in [3.05, 3.63) is 64.2 Å². The van der Waals surface area contributed by atoms with Gasteiger partial charge in [0, 0.05) is 23.9 Å². The highest BCUT2D eigenvalue weighted by atomic mass is 35.5. The Kier molecular flexibility index (Phi) is 5.28. The fraction of sp³-hybridized carbons (Fsp3) is 0.318. The maximum Gasteiger partial charge on any atom is 0.311 e. The number of likely N-dealkylation sites (tertiary alicyclic amines) is 1. The van der Waals surface area contributed by atoms with Crippen LogP contribution in [0, 0.1) is 19.8 Å². The summed E-state index contributed by atoms with van der Waals surface area (Å²) in [7, 11) is 0. The van der Waals surface area contributed by atoms with Crippen molar-refractivity contribution in [3.8, 4) is 0 Å². The Morgan fingerprint density at radius 2 is 2.17 bits per heavy atom. The minimum absolute atomic E-state index is 0.0242. The summed E-state index contributed by atoms with van der Waals surface area (Å²) in [5.41, 5.74) is 3.71. The maximum absolute atomic E-state index is 12.5. The number of aryl methyl sites for hydroxylation is 2. The number of furan rings is 1. The van der Waals surface area contributed by atoms with E-state index in [2.05, 4.69) is 4.98 Å². The van der Waals surface area contributed by atoms with E-state index in [-0.39, 0.29) is 18.9 Å². The maximum atomic E-state index is 12.5. The van der Waals surface area contributed by atoms with Gasteiger partial charge in [0.2, 0.25) is 5.91 Å².